The van der Waals surface area contributed by atoms with Crippen molar-refractivity contribution in [3.8, 4) is 0 Å². The van der Waals surface area contributed by atoms with Crippen LogP contribution in [-0.2, 0) is 4.79 Å². The van der Waals surface area contributed by atoms with E-state index < -0.39 is 0 Å². The Hall–Kier alpha value is -0.550. The monoisotopic (exact) mass is 154 g/mol. The molecule has 0 spiro atoms. The third-order valence-corrected chi connectivity index (χ3v) is 2.44. The number of allylic oxidation sites excluding steroid dienone is 1. The largest absolute Gasteiger partial charge is 0.234 e. The van der Waals surface area contributed by atoms with Crippen molar-refractivity contribution in [2.75, 3.05) is 0 Å². The van der Waals surface area contributed by atoms with Gasteiger partial charge in [0.05, 0.1) is 0 Å². The van der Waals surface area contributed by atoms with Crippen LogP contribution in [0.25, 0.3) is 0 Å². The van der Waals surface area contributed by atoms with Crippen LogP contribution in [0.1, 0.15) is 40.5 Å². The predicted molar refractivity (Wildman–Crippen MR) is 48.1 cm³/mol. The van der Waals surface area contributed by atoms with Gasteiger partial charge in [-0.05, 0) is 18.8 Å². The maximum Gasteiger partial charge on any atom is 0.123 e. The van der Waals surface area contributed by atoms with Gasteiger partial charge < -0.3 is 0 Å². The summed E-state index contributed by atoms with van der Waals surface area (Å²) in [6.07, 6.45) is 2.39. The van der Waals surface area contributed by atoms with Crippen molar-refractivity contribution in [3.63, 3.8) is 0 Å². The third-order valence-electron chi connectivity index (χ3n) is 2.44. The summed E-state index contributed by atoms with van der Waals surface area (Å²) in [4.78, 5) is 10.3. The summed E-state index contributed by atoms with van der Waals surface area (Å²) in [5.41, 5.74) is 0.853. The Morgan fingerprint density at radius 3 is 2.36 bits per heavy atom. The first-order valence-electron chi connectivity index (χ1n) is 4.35. The van der Waals surface area contributed by atoms with Gasteiger partial charge in [-0.3, -0.25) is 0 Å². The molecule has 0 aromatic carbocycles. The van der Waals surface area contributed by atoms with E-state index in [1.807, 2.05) is 12.9 Å². The summed E-state index contributed by atoms with van der Waals surface area (Å²) < 4.78 is 0. The Morgan fingerprint density at radius 1 is 1.45 bits per heavy atom. The van der Waals surface area contributed by atoms with Crippen LogP contribution in [0.3, 0.4) is 0 Å². The van der Waals surface area contributed by atoms with Crippen LogP contribution in [0.15, 0.2) is 5.57 Å². The molecule has 0 aromatic rings. The first kappa shape index (κ1) is 10.4. The zero-order chi connectivity index (χ0) is 8.85. The molecule has 0 aliphatic rings. The van der Waals surface area contributed by atoms with Gasteiger partial charge in [-0.25, -0.2) is 4.79 Å². The van der Waals surface area contributed by atoms with Gasteiger partial charge in [-0.1, -0.05) is 33.6 Å². The van der Waals surface area contributed by atoms with E-state index in [0.717, 1.165) is 5.57 Å². The van der Waals surface area contributed by atoms with Gasteiger partial charge in [0.25, 0.3) is 0 Å². The fraction of sp³-hybridized carbons (Fsp3) is 0.800. The molecular weight excluding hydrogens is 136 g/mol. The van der Waals surface area contributed by atoms with Gasteiger partial charge in [-0.15, -0.1) is 0 Å². The topological polar surface area (TPSA) is 17.1 Å². The van der Waals surface area contributed by atoms with Gasteiger partial charge in [0.1, 0.15) is 5.94 Å². The van der Waals surface area contributed by atoms with Gasteiger partial charge in [0.2, 0.25) is 0 Å². The lowest BCUT2D eigenvalue weighted by Gasteiger charge is -2.17. The molecule has 11 heavy (non-hydrogen) atoms. The van der Waals surface area contributed by atoms with E-state index in [2.05, 4.69) is 20.8 Å². The molecule has 0 rings (SSSR count). The van der Waals surface area contributed by atoms with Gasteiger partial charge in [-0.2, -0.15) is 0 Å². The minimum absolute atomic E-state index is 0.396. The average Bonchev–Trinajstić information content (AvgIpc) is 2.02. The minimum Gasteiger partial charge on any atom is -0.234 e. The highest BCUT2D eigenvalue weighted by Gasteiger charge is 2.12. The number of carbonyl (C=O) groups excluding carboxylic acids is 1. The molecule has 0 N–H and O–H groups in total. The molecule has 0 aromatic heterocycles. The van der Waals surface area contributed by atoms with E-state index in [-0.39, 0.29) is 0 Å². The minimum atomic E-state index is 0.396. The highest BCUT2D eigenvalue weighted by atomic mass is 16.1. The van der Waals surface area contributed by atoms with E-state index in [0.29, 0.717) is 11.8 Å². The maximum atomic E-state index is 10.3. The average molecular weight is 154 g/mol. The van der Waals surface area contributed by atoms with Crippen LogP contribution < -0.4 is 0 Å². The number of rotatable bonds is 4. The summed E-state index contributed by atoms with van der Waals surface area (Å²) in [5, 5.41) is 0. The summed E-state index contributed by atoms with van der Waals surface area (Å²) in [6.45, 7) is 8.32. The van der Waals surface area contributed by atoms with Crippen molar-refractivity contribution in [1.82, 2.24) is 0 Å². The highest BCUT2D eigenvalue weighted by molar-refractivity contribution is 5.52. The molecule has 0 saturated carbocycles. The molecule has 0 fully saturated rings. The molecule has 1 heteroatoms. The molecule has 1 nitrogen and oxygen atoms in total. The molecule has 2 atom stereocenters. The second kappa shape index (κ2) is 5.15. The van der Waals surface area contributed by atoms with E-state index in [1.54, 1.807) is 0 Å². The molecule has 1 unspecified atom stereocenters. The van der Waals surface area contributed by atoms with E-state index >= 15 is 0 Å². The molecular formula is C10H18O. The molecule has 0 radical (unpaired) electrons. The lowest BCUT2D eigenvalue weighted by Crippen LogP contribution is -2.09. The maximum absolute atomic E-state index is 10.3. The molecule has 0 saturated heterocycles. The summed E-state index contributed by atoms with van der Waals surface area (Å²) in [5.74, 6) is 2.98. The van der Waals surface area contributed by atoms with Crippen LogP contribution in [-0.4, -0.2) is 5.94 Å². The molecule has 0 bridgehead atoms. The van der Waals surface area contributed by atoms with Crippen molar-refractivity contribution in [1.29, 1.82) is 0 Å². The molecule has 0 aliphatic heterocycles. The molecule has 0 amide bonds. The van der Waals surface area contributed by atoms with E-state index in [1.165, 1.54) is 12.8 Å². The first-order chi connectivity index (χ1) is 5.13. The van der Waals surface area contributed by atoms with Crippen molar-refractivity contribution >= 4 is 5.94 Å². The fourth-order valence-corrected chi connectivity index (χ4v) is 1.23. The summed E-state index contributed by atoms with van der Waals surface area (Å²) in [6, 6.07) is 0. The van der Waals surface area contributed by atoms with Gasteiger partial charge in [0, 0.05) is 5.57 Å². The quantitative estimate of drug-likeness (QED) is 0.569. The van der Waals surface area contributed by atoms with Gasteiger partial charge in [0.15, 0.2) is 0 Å². The molecule has 64 valence electrons. The van der Waals surface area contributed by atoms with Crippen molar-refractivity contribution in [2.24, 2.45) is 11.8 Å². The Balaban J connectivity index is 4.01. The summed E-state index contributed by atoms with van der Waals surface area (Å²) >= 11 is 0. The van der Waals surface area contributed by atoms with Crippen LogP contribution in [0, 0.1) is 11.8 Å². The zero-order valence-corrected chi connectivity index (χ0v) is 7.98. The van der Waals surface area contributed by atoms with Crippen LogP contribution in [0.5, 0.6) is 0 Å². The number of hydrogen-bond acceptors (Lipinski definition) is 1. The second-order valence-electron chi connectivity index (χ2n) is 3.34. The smallest absolute Gasteiger partial charge is 0.123 e. The Labute approximate surface area is 69.5 Å². The molecule has 0 aliphatic carbocycles. The predicted octanol–water partition coefficient (Wildman–Crippen LogP) is 2.84. The zero-order valence-electron chi connectivity index (χ0n) is 7.98. The first-order valence-corrected chi connectivity index (χ1v) is 4.35. The van der Waals surface area contributed by atoms with E-state index in [4.69, 9.17) is 0 Å². The third kappa shape index (κ3) is 3.38. The van der Waals surface area contributed by atoms with Crippen LogP contribution in [0.2, 0.25) is 0 Å². The Kier molecular flexibility index (Phi) is 4.89. The fourth-order valence-electron chi connectivity index (χ4n) is 1.23. The lowest BCUT2D eigenvalue weighted by atomic mass is 9.87. The van der Waals surface area contributed by atoms with Crippen LogP contribution >= 0.6 is 0 Å². The lowest BCUT2D eigenvalue weighted by molar-refractivity contribution is 0.407. The van der Waals surface area contributed by atoms with E-state index in [9.17, 15) is 4.79 Å². The van der Waals surface area contributed by atoms with Crippen LogP contribution in [0.4, 0.5) is 0 Å². The van der Waals surface area contributed by atoms with Crippen molar-refractivity contribution in [3.05, 3.63) is 5.57 Å². The highest BCUT2D eigenvalue weighted by Crippen LogP contribution is 2.21. The SMILES string of the molecule is CCCC(C)[C@@H](C)C(C)=C=O. The second-order valence-corrected chi connectivity index (χ2v) is 3.34. The Bertz CT molecular complexity index is 154. The molecule has 0 heterocycles. The van der Waals surface area contributed by atoms with Crippen molar-refractivity contribution in [2.45, 2.75) is 40.5 Å². The van der Waals surface area contributed by atoms with Gasteiger partial charge >= 0.3 is 0 Å². The Morgan fingerprint density at radius 2 is 2.00 bits per heavy atom. The standard InChI is InChI=1S/C10H18O/c1-5-6-8(2)10(4)9(3)7-11/h8,10H,5-6H2,1-4H3/t8?,10-/m1/s1. The normalized spacial score (nSPS) is 15.3. The summed E-state index contributed by atoms with van der Waals surface area (Å²) in [7, 11) is 0. The van der Waals surface area contributed by atoms with Crippen molar-refractivity contribution < 1.29 is 4.79 Å². The number of hydrogen-bond donors (Lipinski definition) is 0.